The molecule has 0 radical (unpaired) electrons. The molecule has 1 aliphatic rings. The summed E-state index contributed by atoms with van der Waals surface area (Å²) < 4.78 is 8.85. The van der Waals surface area contributed by atoms with Gasteiger partial charge in [0.15, 0.2) is 0 Å². The predicted octanol–water partition coefficient (Wildman–Crippen LogP) is 2.29. The molecule has 0 atom stereocenters. The lowest BCUT2D eigenvalue weighted by molar-refractivity contribution is 0.339. The van der Waals surface area contributed by atoms with E-state index in [1.807, 2.05) is 33.8 Å². The van der Waals surface area contributed by atoms with E-state index in [0.29, 0.717) is 6.54 Å². The van der Waals surface area contributed by atoms with Gasteiger partial charge in [-0.3, -0.25) is 4.57 Å². The largest absolute Gasteiger partial charge is 0.493 e. The Labute approximate surface area is 130 Å². The van der Waals surface area contributed by atoms with E-state index in [0.717, 1.165) is 31.0 Å². The molecule has 0 unspecified atom stereocenters. The number of benzene rings is 1. The van der Waals surface area contributed by atoms with Crippen LogP contribution < -0.4 is 10.4 Å². The molecule has 2 aromatic rings. The van der Waals surface area contributed by atoms with Crippen molar-refractivity contribution < 1.29 is 4.74 Å². The molecule has 0 aliphatic carbocycles. The van der Waals surface area contributed by atoms with Crippen LogP contribution in [0.1, 0.15) is 37.7 Å². The van der Waals surface area contributed by atoms with Crippen LogP contribution in [0, 0.1) is 6.92 Å². The third kappa shape index (κ3) is 2.67. The average molecular weight is 301 g/mol. The minimum atomic E-state index is -0.294. The Hall–Kier alpha value is -2.04. The summed E-state index contributed by atoms with van der Waals surface area (Å²) in [7, 11) is 0. The van der Waals surface area contributed by atoms with E-state index in [4.69, 9.17) is 4.74 Å². The van der Waals surface area contributed by atoms with Crippen molar-refractivity contribution in [3.05, 3.63) is 45.6 Å². The fourth-order valence-corrected chi connectivity index (χ4v) is 2.82. The van der Waals surface area contributed by atoms with Crippen molar-refractivity contribution in [2.45, 2.75) is 52.6 Å². The maximum atomic E-state index is 12.5. The van der Waals surface area contributed by atoms with Crippen molar-refractivity contribution in [1.82, 2.24) is 14.3 Å². The van der Waals surface area contributed by atoms with Gasteiger partial charge in [0.25, 0.3) is 0 Å². The molecule has 0 saturated heterocycles. The summed E-state index contributed by atoms with van der Waals surface area (Å²) in [5.41, 5.74) is 2.18. The molecule has 1 aliphatic heterocycles. The van der Waals surface area contributed by atoms with Crippen LogP contribution in [0.5, 0.6) is 5.75 Å². The Morgan fingerprint density at radius 2 is 2.09 bits per heavy atom. The zero-order chi connectivity index (χ0) is 15.9. The lowest BCUT2D eigenvalue weighted by Gasteiger charge is -2.16. The number of fused-ring (bicyclic) bond motifs is 1. The third-order valence-electron chi connectivity index (χ3n) is 4.06. The molecule has 0 fully saturated rings. The minimum Gasteiger partial charge on any atom is -0.493 e. The van der Waals surface area contributed by atoms with E-state index in [2.05, 4.69) is 17.2 Å². The van der Waals surface area contributed by atoms with Gasteiger partial charge in [-0.1, -0.05) is 12.1 Å². The standard InChI is InChI=1S/C17H23N3O2/c1-12-18-20(17(2,3)4)16(21)19(12)9-7-13-5-6-15-14(11-13)8-10-22-15/h5-6,11H,7-10H2,1-4H3. The molecular weight excluding hydrogens is 278 g/mol. The van der Waals surface area contributed by atoms with Crippen molar-refractivity contribution in [2.24, 2.45) is 0 Å². The number of aromatic nitrogens is 3. The molecule has 1 aromatic heterocycles. The number of rotatable bonds is 3. The van der Waals surface area contributed by atoms with Gasteiger partial charge in [-0.05, 0) is 51.3 Å². The molecule has 22 heavy (non-hydrogen) atoms. The Balaban J connectivity index is 1.80. The van der Waals surface area contributed by atoms with Crippen molar-refractivity contribution in [3.8, 4) is 5.75 Å². The van der Waals surface area contributed by atoms with E-state index in [-0.39, 0.29) is 11.2 Å². The van der Waals surface area contributed by atoms with Gasteiger partial charge in [-0.2, -0.15) is 5.10 Å². The molecule has 0 amide bonds. The van der Waals surface area contributed by atoms with Crippen LogP contribution in [-0.2, 0) is 24.9 Å². The average Bonchev–Trinajstić information content (AvgIpc) is 3.01. The van der Waals surface area contributed by atoms with Crippen LogP contribution in [0.25, 0.3) is 0 Å². The molecule has 0 spiro atoms. The fourth-order valence-electron chi connectivity index (χ4n) is 2.82. The first kappa shape index (κ1) is 14.9. The molecule has 3 rings (SSSR count). The van der Waals surface area contributed by atoms with Crippen LogP contribution in [-0.4, -0.2) is 21.0 Å². The second-order valence-electron chi connectivity index (χ2n) is 6.85. The van der Waals surface area contributed by atoms with Crippen molar-refractivity contribution in [3.63, 3.8) is 0 Å². The van der Waals surface area contributed by atoms with Gasteiger partial charge in [-0.15, -0.1) is 0 Å². The summed E-state index contributed by atoms with van der Waals surface area (Å²) in [6, 6.07) is 6.31. The third-order valence-corrected chi connectivity index (χ3v) is 4.06. The van der Waals surface area contributed by atoms with Crippen LogP contribution in [0.3, 0.4) is 0 Å². The molecule has 0 bridgehead atoms. The number of hydrogen-bond donors (Lipinski definition) is 0. The molecule has 5 heteroatoms. The Morgan fingerprint density at radius 3 is 2.77 bits per heavy atom. The summed E-state index contributed by atoms with van der Waals surface area (Å²) in [6.45, 7) is 9.29. The molecular formula is C17H23N3O2. The van der Waals surface area contributed by atoms with E-state index in [1.165, 1.54) is 11.1 Å². The number of aryl methyl sites for hydroxylation is 2. The maximum absolute atomic E-state index is 12.5. The summed E-state index contributed by atoms with van der Waals surface area (Å²) in [6.07, 6.45) is 1.80. The topological polar surface area (TPSA) is 49.0 Å². The van der Waals surface area contributed by atoms with Gasteiger partial charge in [0.05, 0.1) is 12.1 Å². The highest BCUT2D eigenvalue weighted by atomic mass is 16.5. The summed E-state index contributed by atoms with van der Waals surface area (Å²) in [5, 5.41) is 4.40. The maximum Gasteiger partial charge on any atom is 0.346 e. The minimum absolute atomic E-state index is 0.0329. The van der Waals surface area contributed by atoms with Crippen LogP contribution in [0.2, 0.25) is 0 Å². The second kappa shape index (κ2) is 5.30. The van der Waals surface area contributed by atoms with E-state index in [1.54, 1.807) is 9.25 Å². The zero-order valence-corrected chi connectivity index (χ0v) is 13.7. The van der Waals surface area contributed by atoms with E-state index in [9.17, 15) is 4.79 Å². The normalized spacial score (nSPS) is 14.0. The van der Waals surface area contributed by atoms with Gasteiger partial charge < -0.3 is 4.74 Å². The first-order chi connectivity index (χ1) is 10.4. The van der Waals surface area contributed by atoms with Gasteiger partial charge >= 0.3 is 5.69 Å². The highest BCUT2D eigenvalue weighted by Gasteiger charge is 2.20. The van der Waals surface area contributed by atoms with Crippen LogP contribution in [0.15, 0.2) is 23.0 Å². The highest BCUT2D eigenvalue weighted by molar-refractivity contribution is 5.39. The fraction of sp³-hybridized carbons (Fsp3) is 0.529. The monoisotopic (exact) mass is 301 g/mol. The van der Waals surface area contributed by atoms with Crippen LogP contribution >= 0.6 is 0 Å². The quantitative estimate of drug-likeness (QED) is 0.874. The molecule has 0 saturated carbocycles. The van der Waals surface area contributed by atoms with Gasteiger partial charge in [0.1, 0.15) is 11.6 Å². The molecule has 2 heterocycles. The van der Waals surface area contributed by atoms with Crippen molar-refractivity contribution in [1.29, 1.82) is 0 Å². The first-order valence-corrected chi connectivity index (χ1v) is 7.78. The van der Waals surface area contributed by atoms with Gasteiger partial charge in [0, 0.05) is 13.0 Å². The number of hydrogen-bond acceptors (Lipinski definition) is 3. The molecule has 0 N–H and O–H groups in total. The van der Waals surface area contributed by atoms with Gasteiger partial charge in [-0.25, -0.2) is 9.48 Å². The van der Waals surface area contributed by atoms with E-state index < -0.39 is 0 Å². The molecule has 1 aromatic carbocycles. The molecule has 5 nitrogen and oxygen atoms in total. The lowest BCUT2D eigenvalue weighted by atomic mass is 10.1. The SMILES string of the molecule is Cc1nn(C(C)(C)C)c(=O)n1CCc1ccc2c(c1)CCO2. The van der Waals surface area contributed by atoms with Crippen molar-refractivity contribution in [2.75, 3.05) is 6.61 Å². The van der Waals surface area contributed by atoms with Gasteiger partial charge in [0.2, 0.25) is 0 Å². The van der Waals surface area contributed by atoms with Crippen LogP contribution in [0.4, 0.5) is 0 Å². The number of ether oxygens (including phenoxy) is 1. The van der Waals surface area contributed by atoms with Crippen molar-refractivity contribution >= 4 is 0 Å². The highest BCUT2D eigenvalue weighted by Crippen LogP contribution is 2.26. The van der Waals surface area contributed by atoms with E-state index >= 15 is 0 Å². The lowest BCUT2D eigenvalue weighted by Crippen LogP contribution is -2.36. The smallest absolute Gasteiger partial charge is 0.346 e. The predicted molar refractivity (Wildman–Crippen MR) is 85.6 cm³/mol. The Morgan fingerprint density at radius 1 is 1.32 bits per heavy atom. The summed E-state index contributed by atoms with van der Waals surface area (Å²) in [4.78, 5) is 12.5. The second-order valence-corrected chi connectivity index (χ2v) is 6.85. The zero-order valence-electron chi connectivity index (χ0n) is 13.7. The summed E-state index contributed by atoms with van der Waals surface area (Å²) in [5.74, 6) is 1.77. The Bertz CT molecular complexity index is 750. The Kier molecular flexibility index (Phi) is 3.59. The summed E-state index contributed by atoms with van der Waals surface area (Å²) >= 11 is 0. The number of nitrogens with zero attached hydrogens (tertiary/aromatic N) is 3. The first-order valence-electron chi connectivity index (χ1n) is 7.78. The molecule has 118 valence electrons.